The Bertz CT molecular complexity index is 1910. The van der Waals surface area contributed by atoms with Crippen LogP contribution < -0.4 is 4.74 Å². The summed E-state index contributed by atoms with van der Waals surface area (Å²) in [6, 6.07) is 13.6. The lowest BCUT2D eigenvalue weighted by atomic mass is 9.49. The lowest BCUT2D eigenvalue weighted by Gasteiger charge is -2.62. The molecule has 1 saturated heterocycles. The summed E-state index contributed by atoms with van der Waals surface area (Å²) in [5, 5.41) is 55.9. The van der Waals surface area contributed by atoms with Gasteiger partial charge in [0.05, 0.1) is 30.5 Å². The van der Waals surface area contributed by atoms with Gasteiger partial charge in [-0.2, -0.15) is 0 Å². The molecular formula is C42H54Cl2N2O13. The highest BCUT2D eigenvalue weighted by Crippen LogP contribution is 2.64. The van der Waals surface area contributed by atoms with E-state index < -0.39 is 58.9 Å². The van der Waals surface area contributed by atoms with E-state index in [-0.39, 0.29) is 54.4 Å². The second-order valence-corrected chi connectivity index (χ2v) is 15.5. The van der Waals surface area contributed by atoms with E-state index in [1.807, 2.05) is 63.5 Å². The van der Waals surface area contributed by atoms with Gasteiger partial charge in [-0.1, -0.05) is 54.6 Å². The number of esters is 1. The number of likely N-dealkylation sites (N-methyl/N-ethyl adjacent to an activating group) is 1. The van der Waals surface area contributed by atoms with Crippen LogP contribution in [0.3, 0.4) is 0 Å². The topological polar surface area (TPSA) is 232 Å². The number of phenols is 1. The molecule has 59 heavy (non-hydrogen) atoms. The van der Waals surface area contributed by atoms with Crippen LogP contribution in [0.2, 0.25) is 0 Å². The van der Waals surface area contributed by atoms with Crippen molar-refractivity contribution >= 4 is 54.5 Å². The summed E-state index contributed by atoms with van der Waals surface area (Å²) in [6.07, 6.45) is 7.04. The quantitative estimate of drug-likeness (QED) is 0.140. The molecule has 5 aliphatic rings. The van der Waals surface area contributed by atoms with Gasteiger partial charge >= 0.3 is 23.9 Å². The number of ether oxygens (including phenoxy) is 2. The van der Waals surface area contributed by atoms with Crippen LogP contribution in [0, 0.1) is 0 Å². The number of hydrogen-bond acceptors (Lipinski definition) is 12. The fourth-order valence-electron chi connectivity index (χ4n) is 9.62. The van der Waals surface area contributed by atoms with Crippen molar-refractivity contribution in [3.8, 4) is 11.5 Å². The number of aromatic hydroxyl groups is 1. The number of piperidine rings is 1. The number of likely N-dealkylation sites (tertiary alicyclic amines) is 1. The van der Waals surface area contributed by atoms with Crippen LogP contribution >= 0.6 is 24.8 Å². The number of nitrogens with zero attached hydrogens (tertiary/aromatic N) is 2. The summed E-state index contributed by atoms with van der Waals surface area (Å²) in [4.78, 5) is 60.2. The zero-order valence-corrected chi connectivity index (χ0v) is 34.9. The molecule has 324 valence electrons. The van der Waals surface area contributed by atoms with Crippen LogP contribution in [0.5, 0.6) is 11.5 Å². The molecule has 2 fully saturated rings. The maximum atomic E-state index is 12.8. The van der Waals surface area contributed by atoms with Gasteiger partial charge < -0.3 is 45.0 Å². The Labute approximate surface area is 355 Å². The SMILES string of the molecule is C=CCN1CC[C@]23c4c5ccc(O)c4O[C@H]2C(=O)CC[C@@]3(O)[C@H]1C5.CCOC(=O)[C@]1(c2ccccc2)CCC=C[C@H]1N(C)C.Cl.Cl.O=C(O)CC(O)(CC(=O)O)C(=O)O. The number of carbonyl (C=O) groups excluding carboxylic acids is 2. The summed E-state index contributed by atoms with van der Waals surface area (Å²) >= 11 is 0. The third kappa shape index (κ3) is 8.73. The Hall–Kier alpha value is -4.51. The van der Waals surface area contributed by atoms with Crippen molar-refractivity contribution < 1.29 is 64.1 Å². The van der Waals surface area contributed by atoms with Crippen LogP contribution in [0.4, 0.5) is 0 Å². The van der Waals surface area contributed by atoms with Crippen LogP contribution in [-0.2, 0) is 46.0 Å². The molecule has 2 aliphatic heterocycles. The molecule has 3 aliphatic carbocycles. The number of aliphatic carboxylic acids is 3. The molecule has 15 nitrogen and oxygen atoms in total. The Morgan fingerprint density at radius 1 is 1.02 bits per heavy atom. The number of rotatable bonds is 11. The number of halogens is 2. The average Bonchev–Trinajstić information content (AvgIpc) is 3.52. The van der Waals surface area contributed by atoms with Crippen molar-refractivity contribution in [3.05, 3.63) is 84.0 Å². The number of hydrogen-bond donors (Lipinski definition) is 6. The Morgan fingerprint density at radius 2 is 1.66 bits per heavy atom. The van der Waals surface area contributed by atoms with Gasteiger partial charge in [-0.3, -0.25) is 24.1 Å². The maximum absolute atomic E-state index is 12.8. The summed E-state index contributed by atoms with van der Waals surface area (Å²) in [6.45, 7) is 7.64. The van der Waals surface area contributed by atoms with E-state index in [9.17, 15) is 34.2 Å². The molecule has 0 unspecified atom stereocenters. The highest BCUT2D eigenvalue weighted by molar-refractivity contribution is 5.90. The van der Waals surface area contributed by atoms with E-state index in [1.165, 1.54) is 0 Å². The normalized spacial score (nSPS) is 27.1. The fourth-order valence-corrected chi connectivity index (χ4v) is 9.62. The molecule has 7 rings (SSSR count). The second kappa shape index (κ2) is 19.3. The minimum atomic E-state index is -2.74. The Balaban J connectivity index is 0.000000244. The third-order valence-corrected chi connectivity index (χ3v) is 12.0. The van der Waals surface area contributed by atoms with Gasteiger partial charge in [-0.15, -0.1) is 31.4 Å². The van der Waals surface area contributed by atoms with Crippen molar-refractivity contribution in [2.45, 2.75) is 98.5 Å². The van der Waals surface area contributed by atoms with Crippen LogP contribution in [0.15, 0.2) is 67.3 Å². The number of benzene rings is 2. The largest absolute Gasteiger partial charge is 0.504 e. The molecule has 2 heterocycles. The first kappa shape index (κ1) is 48.9. The molecule has 0 amide bonds. The van der Waals surface area contributed by atoms with Crippen molar-refractivity contribution in [2.75, 3.05) is 33.8 Å². The second-order valence-electron chi connectivity index (χ2n) is 15.5. The van der Waals surface area contributed by atoms with E-state index in [2.05, 4.69) is 28.5 Å². The molecule has 6 atom stereocenters. The predicted molar refractivity (Wildman–Crippen MR) is 219 cm³/mol. The van der Waals surface area contributed by atoms with E-state index in [0.717, 1.165) is 42.6 Å². The number of allylic oxidation sites excluding steroid dienone is 1. The summed E-state index contributed by atoms with van der Waals surface area (Å²) in [5.74, 6) is -4.61. The molecule has 1 spiro atoms. The number of carbonyl (C=O) groups is 5. The van der Waals surface area contributed by atoms with Crippen molar-refractivity contribution in [3.63, 3.8) is 0 Å². The molecule has 1 saturated carbocycles. The maximum Gasteiger partial charge on any atom is 0.336 e. The molecule has 2 bridgehead atoms. The van der Waals surface area contributed by atoms with Gasteiger partial charge in [0.2, 0.25) is 0 Å². The van der Waals surface area contributed by atoms with Gasteiger partial charge in [0, 0.05) is 37.2 Å². The first-order chi connectivity index (χ1) is 26.9. The van der Waals surface area contributed by atoms with E-state index >= 15 is 0 Å². The molecule has 0 radical (unpaired) electrons. The third-order valence-electron chi connectivity index (χ3n) is 12.0. The zero-order valence-electron chi connectivity index (χ0n) is 33.2. The zero-order chi connectivity index (χ0) is 41.9. The molecule has 2 aromatic carbocycles. The van der Waals surface area contributed by atoms with Crippen molar-refractivity contribution in [1.29, 1.82) is 0 Å². The highest BCUT2D eigenvalue weighted by atomic mass is 35.5. The molecule has 2 aromatic rings. The van der Waals surface area contributed by atoms with Gasteiger partial charge in [-0.05, 0) is 70.3 Å². The van der Waals surface area contributed by atoms with E-state index in [0.29, 0.717) is 38.0 Å². The minimum absolute atomic E-state index is 0. The number of aliphatic hydroxyl groups is 2. The lowest BCUT2D eigenvalue weighted by Crippen LogP contribution is -2.76. The van der Waals surface area contributed by atoms with Crippen LogP contribution in [-0.4, -0.2) is 133 Å². The van der Waals surface area contributed by atoms with Crippen LogP contribution in [0.1, 0.15) is 68.6 Å². The fraction of sp³-hybridized carbons (Fsp3) is 0.500. The van der Waals surface area contributed by atoms with Gasteiger partial charge in [-0.25, -0.2) is 4.79 Å². The highest BCUT2D eigenvalue weighted by Gasteiger charge is 2.73. The number of ketones is 1. The Kier molecular flexibility index (Phi) is 15.9. The summed E-state index contributed by atoms with van der Waals surface area (Å²) in [7, 11) is 4.02. The first-order valence-electron chi connectivity index (χ1n) is 19.0. The standard InChI is InChI=1S/C19H21NO4.C17H23NO2.C6H8O7.2ClH/c1-2-8-20-9-7-18-15-11-3-4-12(21)16(15)24-17(18)13(22)5-6-19(18,23)14(20)10-11;1-4-20-16(19)17(14-10-6-5-7-11-14)13-9-8-12-15(17)18(2)3;7-3(8)1-6(13,5(11)12)2-4(9)10;;/h2-4,14,17,21,23H,1,5-10H2;5-8,10-12,15H,4,9,13H2,1-3H3;13H,1-2H2,(H,7,8)(H,9,10)(H,11,12);2*1H/t14-,17+,18+,19-;15-,17+;;;/m11.../s1. The smallest absolute Gasteiger partial charge is 0.336 e. The molecule has 6 N–H and O–H groups in total. The van der Waals surface area contributed by atoms with E-state index in [1.54, 1.807) is 6.07 Å². The molecule has 0 aromatic heterocycles. The number of carboxylic acids is 3. The summed E-state index contributed by atoms with van der Waals surface area (Å²) < 4.78 is 11.4. The summed E-state index contributed by atoms with van der Waals surface area (Å²) in [5.41, 5.74) is -2.04. The average molecular weight is 866 g/mol. The monoisotopic (exact) mass is 864 g/mol. The van der Waals surface area contributed by atoms with E-state index in [4.69, 9.17) is 29.9 Å². The van der Waals surface area contributed by atoms with Crippen LogP contribution in [0.25, 0.3) is 0 Å². The van der Waals surface area contributed by atoms with Gasteiger partial charge in [0.15, 0.2) is 29.0 Å². The Morgan fingerprint density at radius 3 is 2.22 bits per heavy atom. The predicted octanol–water partition coefficient (Wildman–Crippen LogP) is 3.66. The first-order valence-corrected chi connectivity index (χ1v) is 19.0. The van der Waals surface area contributed by atoms with Crippen molar-refractivity contribution in [2.24, 2.45) is 0 Å². The van der Waals surface area contributed by atoms with Crippen molar-refractivity contribution in [1.82, 2.24) is 9.80 Å². The van der Waals surface area contributed by atoms with Gasteiger partial charge in [0.25, 0.3) is 0 Å². The number of Topliss-reactive ketones (excluding diaryl/α,β-unsaturated/α-hetero) is 1. The van der Waals surface area contributed by atoms with Gasteiger partial charge in [0.1, 0.15) is 5.41 Å². The molecule has 17 heteroatoms. The number of phenolic OH excluding ortho intramolecular Hbond substituents is 1. The minimum Gasteiger partial charge on any atom is -0.504 e. The lowest BCUT2D eigenvalue weighted by molar-refractivity contribution is -0.187. The number of carboxylic acid groups (broad SMARTS) is 3. The molecular weight excluding hydrogens is 811 g/mol.